The number of hydrogen-bond acceptors (Lipinski definition) is 1. The van der Waals surface area contributed by atoms with Gasteiger partial charge < -0.3 is 0 Å². The Kier molecular flexibility index (Phi) is 3.10. The lowest BCUT2D eigenvalue weighted by atomic mass is 10.3. The third-order valence-electron chi connectivity index (χ3n) is 1.15. The van der Waals surface area contributed by atoms with Gasteiger partial charge in [0, 0.05) is 15.1 Å². The summed E-state index contributed by atoms with van der Waals surface area (Å²) in [6, 6.07) is 1.93. The molecule has 1 aromatic heterocycles. The van der Waals surface area contributed by atoms with Crippen molar-refractivity contribution in [1.82, 2.24) is 4.98 Å². The quantitative estimate of drug-likeness (QED) is 0.718. The van der Waals surface area contributed by atoms with Crippen molar-refractivity contribution in [2.24, 2.45) is 0 Å². The number of nitrogens with zero attached hydrogens (tertiary/aromatic N) is 1. The van der Waals surface area contributed by atoms with Gasteiger partial charge in [0.05, 0.1) is 12.1 Å². The van der Waals surface area contributed by atoms with E-state index in [9.17, 15) is 0 Å². The normalized spacial score (nSPS) is 9.18. The van der Waals surface area contributed by atoms with E-state index in [1.807, 2.05) is 6.07 Å². The topological polar surface area (TPSA) is 12.9 Å². The van der Waals surface area contributed by atoms with Crippen molar-refractivity contribution in [2.75, 3.05) is 0 Å². The van der Waals surface area contributed by atoms with Crippen LogP contribution in [-0.2, 0) is 6.42 Å². The predicted octanol–water partition coefficient (Wildman–Crippen LogP) is 2.78. The molecular formula is C8H5Br2N. The molecule has 0 spiro atoms. The average Bonchev–Trinajstić information content (AvgIpc) is 1.95. The summed E-state index contributed by atoms with van der Waals surface area (Å²) in [6.45, 7) is 0. The Morgan fingerprint density at radius 2 is 2.27 bits per heavy atom. The van der Waals surface area contributed by atoms with E-state index < -0.39 is 0 Å². The second-order valence-corrected chi connectivity index (χ2v) is 3.73. The SMILES string of the molecule is C#CCc1ncc(Br)cc1Br. The lowest BCUT2D eigenvalue weighted by Gasteiger charge is -1.98. The van der Waals surface area contributed by atoms with Gasteiger partial charge in [0.2, 0.25) is 0 Å². The highest BCUT2D eigenvalue weighted by Gasteiger charge is 1.99. The molecule has 3 heteroatoms. The highest BCUT2D eigenvalue weighted by molar-refractivity contribution is 9.11. The third-order valence-corrected chi connectivity index (χ3v) is 2.27. The highest BCUT2D eigenvalue weighted by Crippen LogP contribution is 2.19. The number of rotatable bonds is 1. The summed E-state index contributed by atoms with van der Waals surface area (Å²) in [4.78, 5) is 4.13. The van der Waals surface area contributed by atoms with Crippen molar-refractivity contribution >= 4 is 31.9 Å². The fraction of sp³-hybridized carbons (Fsp3) is 0.125. The monoisotopic (exact) mass is 273 g/mol. The summed E-state index contributed by atoms with van der Waals surface area (Å²) in [6.07, 6.45) is 7.44. The molecule has 0 fully saturated rings. The lowest BCUT2D eigenvalue weighted by Crippen LogP contribution is -1.88. The second kappa shape index (κ2) is 3.89. The molecule has 56 valence electrons. The first kappa shape index (κ1) is 8.76. The number of halogens is 2. The van der Waals surface area contributed by atoms with Crippen molar-refractivity contribution in [3.05, 3.63) is 26.9 Å². The fourth-order valence-corrected chi connectivity index (χ4v) is 1.80. The molecule has 0 aliphatic rings. The maximum atomic E-state index is 5.14. The zero-order valence-corrected chi connectivity index (χ0v) is 8.81. The maximum Gasteiger partial charge on any atom is 0.0665 e. The Morgan fingerprint density at radius 3 is 2.82 bits per heavy atom. The third kappa shape index (κ3) is 2.32. The molecule has 0 atom stereocenters. The van der Waals surface area contributed by atoms with Crippen LogP contribution in [-0.4, -0.2) is 4.98 Å². The van der Waals surface area contributed by atoms with Crippen LogP contribution in [0.3, 0.4) is 0 Å². The Labute approximate surface area is 82.5 Å². The Hall–Kier alpha value is -0.330. The zero-order valence-electron chi connectivity index (χ0n) is 5.64. The molecule has 0 saturated heterocycles. The summed E-state index contributed by atoms with van der Waals surface area (Å²) in [5, 5.41) is 0. The van der Waals surface area contributed by atoms with E-state index in [-0.39, 0.29) is 0 Å². The van der Waals surface area contributed by atoms with Gasteiger partial charge in [-0.1, -0.05) is 0 Å². The van der Waals surface area contributed by atoms with Crippen LogP contribution in [0.5, 0.6) is 0 Å². The molecule has 0 radical (unpaired) electrons. The van der Waals surface area contributed by atoms with E-state index in [1.165, 1.54) is 0 Å². The number of aromatic nitrogens is 1. The van der Waals surface area contributed by atoms with Crippen molar-refractivity contribution < 1.29 is 0 Å². The minimum Gasteiger partial charge on any atom is -0.258 e. The van der Waals surface area contributed by atoms with Crippen LogP contribution in [0, 0.1) is 12.3 Å². The molecule has 0 unspecified atom stereocenters. The smallest absolute Gasteiger partial charge is 0.0665 e. The molecule has 0 aromatic carbocycles. The van der Waals surface area contributed by atoms with E-state index in [1.54, 1.807) is 6.20 Å². The Bertz CT molecular complexity index is 301. The van der Waals surface area contributed by atoms with Gasteiger partial charge in [0.15, 0.2) is 0 Å². The standard InChI is InChI=1S/C8H5Br2N/c1-2-3-8-7(10)4-6(9)5-11-8/h1,4-5H,3H2. The Balaban J connectivity index is 3.01. The molecule has 1 rings (SSSR count). The fourth-order valence-electron chi connectivity index (χ4n) is 0.670. The van der Waals surface area contributed by atoms with Gasteiger partial charge in [0.1, 0.15) is 0 Å². The summed E-state index contributed by atoms with van der Waals surface area (Å²) >= 11 is 6.66. The molecule has 0 amide bonds. The minimum atomic E-state index is 0.563. The van der Waals surface area contributed by atoms with Crippen LogP contribution < -0.4 is 0 Å². The molecule has 0 aliphatic heterocycles. The summed E-state index contributed by atoms with van der Waals surface area (Å²) in [5.41, 5.74) is 0.899. The lowest BCUT2D eigenvalue weighted by molar-refractivity contribution is 1.11. The molecule has 0 N–H and O–H groups in total. The van der Waals surface area contributed by atoms with Crippen LogP contribution in [0.15, 0.2) is 21.2 Å². The molecule has 1 aromatic rings. The average molecular weight is 275 g/mol. The predicted molar refractivity (Wildman–Crippen MR) is 52.2 cm³/mol. The highest BCUT2D eigenvalue weighted by atomic mass is 79.9. The van der Waals surface area contributed by atoms with Gasteiger partial charge in [0.25, 0.3) is 0 Å². The van der Waals surface area contributed by atoms with Crippen LogP contribution in [0.4, 0.5) is 0 Å². The van der Waals surface area contributed by atoms with Gasteiger partial charge >= 0.3 is 0 Å². The maximum absolute atomic E-state index is 5.14. The van der Waals surface area contributed by atoms with Crippen molar-refractivity contribution in [3.63, 3.8) is 0 Å². The van der Waals surface area contributed by atoms with E-state index in [0.29, 0.717) is 6.42 Å². The van der Waals surface area contributed by atoms with Gasteiger partial charge in [-0.25, -0.2) is 0 Å². The molecule has 0 saturated carbocycles. The van der Waals surface area contributed by atoms with Crippen molar-refractivity contribution in [2.45, 2.75) is 6.42 Å². The van der Waals surface area contributed by atoms with Crippen molar-refractivity contribution in [1.29, 1.82) is 0 Å². The van der Waals surface area contributed by atoms with Crippen LogP contribution in [0.25, 0.3) is 0 Å². The number of hydrogen-bond donors (Lipinski definition) is 0. The molecule has 0 bridgehead atoms. The van der Waals surface area contributed by atoms with E-state index in [2.05, 4.69) is 42.8 Å². The van der Waals surface area contributed by atoms with Crippen LogP contribution in [0.1, 0.15) is 5.69 Å². The van der Waals surface area contributed by atoms with E-state index >= 15 is 0 Å². The number of terminal acetylenes is 1. The molecular weight excluding hydrogens is 270 g/mol. The first-order chi connectivity index (χ1) is 5.24. The number of pyridine rings is 1. The second-order valence-electron chi connectivity index (χ2n) is 1.96. The first-order valence-electron chi connectivity index (χ1n) is 2.97. The minimum absolute atomic E-state index is 0.563. The van der Waals surface area contributed by atoms with E-state index in [0.717, 1.165) is 14.6 Å². The van der Waals surface area contributed by atoms with E-state index in [4.69, 9.17) is 6.42 Å². The molecule has 1 heterocycles. The van der Waals surface area contributed by atoms with Crippen LogP contribution in [0.2, 0.25) is 0 Å². The van der Waals surface area contributed by atoms with Crippen molar-refractivity contribution in [3.8, 4) is 12.3 Å². The summed E-state index contributed by atoms with van der Waals surface area (Å²) in [7, 11) is 0. The van der Waals surface area contributed by atoms with Gasteiger partial charge in [-0.05, 0) is 37.9 Å². The van der Waals surface area contributed by atoms with Gasteiger partial charge in [-0.15, -0.1) is 12.3 Å². The van der Waals surface area contributed by atoms with Gasteiger partial charge in [-0.3, -0.25) is 4.98 Å². The summed E-state index contributed by atoms with van der Waals surface area (Å²) < 4.78 is 1.90. The Morgan fingerprint density at radius 1 is 1.55 bits per heavy atom. The first-order valence-corrected chi connectivity index (χ1v) is 4.56. The molecule has 11 heavy (non-hydrogen) atoms. The molecule has 1 nitrogen and oxygen atoms in total. The largest absolute Gasteiger partial charge is 0.258 e. The van der Waals surface area contributed by atoms with Crippen LogP contribution >= 0.6 is 31.9 Å². The van der Waals surface area contributed by atoms with Gasteiger partial charge in [-0.2, -0.15) is 0 Å². The molecule has 0 aliphatic carbocycles. The zero-order chi connectivity index (χ0) is 8.27. The summed E-state index contributed by atoms with van der Waals surface area (Å²) in [5.74, 6) is 2.54.